The number of aromatic amines is 1. The lowest BCUT2D eigenvalue weighted by Crippen LogP contribution is -2.34. The average Bonchev–Trinajstić information content (AvgIpc) is 2.96. The van der Waals surface area contributed by atoms with E-state index in [0.717, 1.165) is 5.52 Å². The second-order valence-corrected chi connectivity index (χ2v) is 5.86. The molecule has 7 heteroatoms. The molecule has 0 aliphatic carbocycles. The Kier molecular flexibility index (Phi) is 4.78. The number of hydrogen-bond donors (Lipinski definition) is 4. The van der Waals surface area contributed by atoms with Gasteiger partial charge in [-0.1, -0.05) is 6.92 Å². The molecule has 0 unspecified atom stereocenters. The molecule has 0 aliphatic rings. The number of anilines is 2. The highest BCUT2D eigenvalue weighted by Gasteiger charge is 2.12. The molecule has 1 heterocycles. The Bertz CT molecular complexity index is 986. The van der Waals surface area contributed by atoms with Crippen LogP contribution < -0.4 is 21.5 Å². The van der Waals surface area contributed by atoms with Gasteiger partial charge in [0.25, 0.3) is 0 Å². The Morgan fingerprint density at radius 2 is 1.96 bits per heavy atom. The van der Waals surface area contributed by atoms with Crippen LogP contribution in [0.1, 0.15) is 18.9 Å². The number of aromatic nitrogens is 1. The number of carbonyl (C=O) groups excluding carboxylic acids is 1. The van der Waals surface area contributed by atoms with Gasteiger partial charge in [0.05, 0.1) is 6.04 Å². The van der Waals surface area contributed by atoms with Crippen molar-refractivity contribution in [1.82, 2.24) is 4.98 Å². The number of nitrogens with zero attached hydrogens (tertiary/aromatic N) is 1. The minimum atomic E-state index is -0.527. The molecule has 3 aromatic rings. The zero-order valence-electron chi connectivity index (χ0n) is 14.2. The summed E-state index contributed by atoms with van der Waals surface area (Å²) in [5.41, 5.74) is 13.3. The molecule has 132 valence electrons. The maximum Gasteiger partial charge on any atom is 0.241 e. The van der Waals surface area contributed by atoms with E-state index in [9.17, 15) is 10.1 Å². The fourth-order valence-electron chi connectivity index (χ4n) is 2.54. The van der Waals surface area contributed by atoms with Crippen molar-refractivity contribution >= 4 is 28.3 Å². The first kappa shape index (κ1) is 17.3. The maximum atomic E-state index is 11.8. The third-order valence-corrected chi connectivity index (χ3v) is 4.05. The summed E-state index contributed by atoms with van der Waals surface area (Å²) in [5.74, 6) is 1.30. The van der Waals surface area contributed by atoms with Gasteiger partial charge in [-0.3, -0.25) is 4.79 Å². The molecule has 0 spiro atoms. The Balaban J connectivity index is 1.76. The molecular formula is C19H19N5O2. The fourth-order valence-corrected chi connectivity index (χ4v) is 2.54. The number of amides is 1. The van der Waals surface area contributed by atoms with Crippen LogP contribution in [0.15, 0.2) is 42.5 Å². The Labute approximate surface area is 150 Å². The minimum Gasteiger partial charge on any atom is -0.457 e. The number of H-pyrrole nitrogens is 1. The predicted molar refractivity (Wildman–Crippen MR) is 101 cm³/mol. The third-order valence-electron chi connectivity index (χ3n) is 4.05. The first-order valence-electron chi connectivity index (χ1n) is 8.17. The van der Waals surface area contributed by atoms with Crippen molar-refractivity contribution < 1.29 is 9.53 Å². The molecule has 6 N–H and O–H groups in total. The van der Waals surface area contributed by atoms with Crippen LogP contribution in [0.3, 0.4) is 0 Å². The molecule has 2 aromatic carbocycles. The molecule has 7 nitrogen and oxygen atoms in total. The van der Waals surface area contributed by atoms with Crippen LogP contribution in [-0.2, 0) is 4.79 Å². The predicted octanol–water partition coefficient (Wildman–Crippen LogP) is 3.09. The van der Waals surface area contributed by atoms with Crippen LogP contribution in [0.25, 0.3) is 10.9 Å². The summed E-state index contributed by atoms with van der Waals surface area (Å²) in [5, 5.41) is 12.7. The molecule has 1 aromatic heterocycles. The van der Waals surface area contributed by atoms with Crippen molar-refractivity contribution in [1.29, 1.82) is 5.26 Å². The van der Waals surface area contributed by atoms with Gasteiger partial charge in [-0.15, -0.1) is 0 Å². The van der Waals surface area contributed by atoms with Gasteiger partial charge in [0.1, 0.15) is 28.9 Å². The summed E-state index contributed by atoms with van der Waals surface area (Å²) < 4.78 is 5.82. The number of nitrogens with two attached hydrogens (primary N) is 2. The summed E-state index contributed by atoms with van der Waals surface area (Å²) in [6, 6.07) is 13.9. The number of nitrogens with one attached hydrogen (secondary N) is 2. The molecule has 0 saturated carbocycles. The second-order valence-electron chi connectivity index (χ2n) is 5.86. The number of benzene rings is 2. The van der Waals surface area contributed by atoms with E-state index in [1.165, 1.54) is 0 Å². The largest absolute Gasteiger partial charge is 0.457 e. The molecule has 0 fully saturated rings. The number of rotatable bonds is 5. The average molecular weight is 349 g/mol. The van der Waals surface area contributed by atoms with Gasteiger partial charge in [0, 0.05) is 16.6 Å². The molecule has 0 radical (unpaired) electrons. The molecule has 0 aliphatic heterocycles. The van der Waals surface area contributed by atoms with Crippen LogP contribution in [0.5, 0.6) is 11.5 Å². The number of hydrogen-bond acceptors (Lipinski definition) is 5. The summed E-state index contributed by atoms with van der Waals surface area (Å²) in [4.78, 5) is 14.8. The Hall–Kier alpha value is -3.50. The van der Waals surface area contributed by atoms with Crippen molar-refractivity contribution in [2.45, 2.75) is 19.4 Å². The number of nitriles is 1. The first-order valence-corrected chi connectivity index (χ1v) is 8.17. The number of nitrogen functional groups attached to an aromatic ring is 1. The monoisotopic (exact) mass is 349 g/mol. The Morgan fingerprint density at radius 1 is 1.27 bits per heavy atom. The number of fused-ring (bicyclic) bond motifs is 1. The van der Waals surface area contributed by atoms with Crippen molar-refractivity contribution in [3.63, 3.8) is 0 Å². The maximum absolute atomic E-state index is 11.8. The van der Waals surface area contributed by atoms with E-state index in [1.807, 2.05) is 13.0 Å². The van der Waals surface area contributed by atoms with Crippen molar-refractivity contribution in [2.75, 3.05) is 11.1 Å². The van der Waals surface area contributed by atoms with Gasteiger partial charge in [-0.05, 0) is 48.9 Å². The zero-order valence-corrected chi connectivity index (χ0v) is 14.2. The Morgan fingerprint density at radius 3 is 2.62 bits per heavy atom. The first-order chi connectivity index (χ1) is 12.5. The highest BCUT2D eigenvalue weighted by atomic mass is 16.5. The van der Waals surface area contributed by atoms with Crippen molar-refractivity contribution in [3.8, 4) is 17.6 Å². The summed E-state index contributed by atoms with van der Waals surface area (Å²) >= 11 is 0. The lowest BCUT2D eigenvalue weighted by molar-refractivity contribution is -0.117. The van der Waals surface area contributed by atoms with E-state index >= 15 is 0 Å². The van der Waals surface area contributed by atoms with E-state index in [0.29, 0.717) is 40.4 Å². The van der Waals surface area contributed by atoms with Gasteiger partial charge >= 0.3 is 0 Å². The molecule has 1 amide bonds. The van der Waals surface area contributed by atoms with Gasteiger partial charge in [-0.2, -0.15) is 5.26 Å². The molecular weight excluding hydrogens is 330 g/mol. The highest BCUT2D eigenvalue weighted by Crippen LogP contribution is 2.30. The van der Waals surface area contributed by atoms with Crippen LogP contribution in [0, 0.1) is 11.3 Å². The van der Waals surface area contributed by atoms with E-state index in [-0.39, 0.29) is 5.91 Å². The molecule has 0 saturated heterocycles. The fraction of sp³-hybridized carbons (Fsp3) is 0.158. The van der Waals surface area contributed by atoms with Gasteiger partial charge in [0.2, 0.25) is 5.91 Å². The quantitative estimate of drug-likeness (QED) is 0.562. The van der Waals surface area contributed by atoms with Crippen molar-refractivity contribution in [3.05, 3.63) is 48.0 Å². The minimum absolute atomic E-state index is 0.222. The van der Waals surface area contributed by atoms with E-state index in [1.54, 1.807) is 36.4 Å². The van der Waals surface area contributed by atoms with E-state index in [4.69, 9.17) is 16.2 Å². The molecule has 26 heavy (non-hydrogen) atoms. The molecule has 1 atom stereocenters. The summed E-state index contributed by atoms with van der Waals surface area (Å²) in [7, 11) is 0. The van der Waals surface area contributed by atoms with Gasteiger partial charge in [-0.25, -0.2) is 0 Å². The van der Waals surface area contributed by atoms with E-state index in [2.05, 4.69) is 16.4 Å². The van der Waals surface area contributed by atoms with E-state index < -0.39 is 6.04 Å². The zero-order chi connectivity index (χ0) is 18.7. The lowest BCUT2D eigenvalue weighted by atomic mass is 10.1. The highest BCUT2D eigenvalue weighted by molar-refractivity contribution is 5.94. The van der Waals surface area contributed by atoms with Crippen LogP contribution in [0.4, 0.5) is 11.5 Å². The van der Waals surface area contributed by atoms with Gasteiger partial charge < -0.3 is 26.5 Å². The topological polar surface area (TPSA) is 130 Å². The standard InChI is InChI=1S/C19H19N5O2/c1-2-16(21)19(25)23-11-3-5-12(6-4-11)26-13-7-8-17-14(9-13)15(10-20)18(22)24-17/h3-9,16,24H,2,21-22H2,1H3,(H,23,25)/t16-/m0/s1. The number of ether oxygens (including phenoxy) is 1. The van der Waals surface area contributed by atoms with Crippen molar-refractivity contribution in [2.24, 2.45) is 5.73 Å². The smallest absolute Gasteiger partial charge is 0.241 e. The third kappa shape index (κ3) is 3.45. The van der Waals surface area contributed by atoms with Crippen LogP contribution >= 0.6 is 0 Å². The van der Waals surface area contributed by atoms with Crippen LogP contribution in [0.2, 0.25) is 0 Å². The van der Waals surface area contributed by atoms with Gasteiger partial charge in [0.15, 0.2) is 0 Å². The second kappa shape index (κ2) is 7.17. The molecule has 3 rings (SSSR count). The SMILES string of the molecule is CC[C@H](N)C(=O)Nc1ccc(Oc2ccc3[nH]c(N)c(C#N)c3c2)cc1. The summed E-state index contributed by atoms with van der Waals surface area (Å²) in [6.45, 7) is 1.86. The van der Waals surface area contributed by atoms with Crippen LogP contribution in [-0.4, -0.2) is 16.9 Å². The normalized spacial score (nSPS) is 11.7. The molecule has 0 bridgehead atoms. The lowest BCUT2D eigenvalue weighted by Gasteiger charge is -2.11. The number of carbonyl (C=O) groups is 1. The summed E-state index contributed by atoms with van der Waals surface area (Å²) in [6.07, 6.45) is 0.573.